The molecule has 1 aromatic carbocycles. The first-order valence-corrected chi connectivity index (χ1v) is 7.66. The molecule has 0 unspecified atom stereocenters. The van der Waals surface area contributed by atoms with Gasteiger partial charge in [0, 0.05) is 11.8 Å². The van der Waals surface area contributed by atoms with Crippen molar-refractivity contribution in [2.24, 2.45) is 21.5 Å². The average molecular weight is 340 g/mol. The van der Waals surface area contributed by atoms with Gasteiger partial charge in [-0.25, -0.2) is 4.99 Å². The van der Waals surface area contributed by atoms with E-state index in [1.54, 1.807) is 0 Å². The van der Waals surface area contributed by atoms with Crippen LogP contribution < -0.4 is 21.1 Å². The molecule has 0 aromatic heterocycles. The maximum absolute atomic E-state index is 6.04. The molecule has 1 aliphatic heterocycles. The van der Waals surface area contributed by atoms with Gasteiger partial charge >= 0.3 is 0 Å². The predicted molar refractivity (Wildman–Crippen MR) is 98.5 cm³/mol. The van der Waals surface area contributed by atoms with Crippen LogP contribution in [-0.4, -0.2) is 24.2 Å². The summed E-state index contributed by atoms with van der Waals surface area (Å²) in [6, 6.07) is 7.79. The second kappa shape index (κ2) is 8.06. The second-order valence-corrected chi connectivity index (χ2v) is 5.82. The summed E-state index contributed by atoms with van der Waals surface area (Å²) in [5, 5.41) is 0. The van der Waals surface area contributed by atoms with Gasteiger partial charge in [0.15, 0.2) is 0 Å². The molecule has 0 radical (unpaired) electrons. The van der Waals surface area contributed by atoms with Gasteiger partial charge in [-0.15, -0.1) is 12.4 Å². The Morgan fingerprint density at radius 2 is 1.96 bits per heavy atom. The highest BCUT2D eigenvalue weighted by Gasteiger charge is 2.33. The normalized spacial score (nSPS) is 16.2. The van der Waals surface area contributed by atoms with E-state index in [1.807, 2.05) is 43.0 Å². The highest BCUT2D eigenvalue weighted by atomic mass is 35.5. The molecule has 0 amide bonds. The molecule has 128 valence electrons. The Bertz CT molecular complexity index is 586. The smallest absolute Gasteiger partial charge is 0.220 e. The van der Waals surface area contributed by atoms with Gasteiger partial charge in [0.05, 0.1) is 6.61 Å². The lowest BCUT2D eigenvalue weighted by Gasteiger charge is -2.38. The lowest BCUT2D eigenvalue weighted by Crippen LogP contribution is -2.54. The Kier molecular flexibility index (Phi) is 6.69. The van der Waals surface area contributed by atoms with Gasteiger partial charge in [0.2, 0.25) is 11.9 Å². The molecule has 0 spiro atoms. The Balaban J connectivity index is 0.00000264. The van der Waals surface area contributed by atoms with Crippen molar-refractivity contribution < 1.29 is 4.74 Å². The minimum absolute atomic E-state index is 0. The van der Waals surface area contributed by atoms with E-state index in [0.29, 0.717) is 5.96 Å². The van der Waals surface area contributed by atoms with Crippen molar-refractivity contribution in [2.75, 3.05) is 11.5 Å². The molecular weight excluding hydrogens is 314 g/mol. The first-order chi connectivity index (χ1) is 10.4. The first-order valence-electron chi connectivity index (χ1n) is 7.66. The summed E-state index contributed by atoms with van der Waals surface area (Å²) < 4.78 is 5.80. The highest BCUT2D eigenvalue weighted by Crippen LogP contribution is 2.29. The predicted octanol–water partition coefficient (Wildman–Crippen LogP) is 2.86. The van der Waals surface area contributed by atoms with Gasteiger partial charge in [-0.05, 0) is 32.4 Å². The molecule has 1 aliphatic rings. The minimum atomic E-state index is -0.587. The second-order valence-electron chi connectivity index (χ2n) is 5.82. The van der Waals surface area contributed by atoms with Gasteiger partial charge < -0.3 is 16.2 Å². The van der Waals surface area contributed by atoms with Crippen LogP contribution in [0.1, 0.15) is 40.0 Å². The molecule has 6 nitrogen and oxygen atoms in total. The number of hydrogen-bond donors (Lipinski definition) is 2. The Morgan fingerprint density at radius 1 is 1.22 bits per heavy atom. The van der Waals surface area contributed by atoms with Crippen molar-refractivity contribution in [3.63, 3.8) is 0 Å². The molecule has 0 bridgehead atoms. The van der Waals surface area contributed by atoms with E-state index in [-0.39, 0.29) is 18.4 Å². The molecule has 2 rings (SSSR count). The van der Waals surface area contributed by atoms with Crippen LogP contribution in [0.15, 0.2) is 34.3 Å². The Hall–Kier alpha value is -1.95. The van der Waals surface area contributed by atoms with Crippen LogP contribution in [-0.2, 0) is 0 Å². The van der Waals surface area contributed by atoms with E-state index in [0.717, 1.165) is 24.5 Å². The van der Waals surface area contributed by atoms with Gasteiger partial charge in [-0.3, -0.25) is 4.90 Å². The third-order valence-corrected chi connectivity index (χ3v) is 3.49. The number of hydrogen-bond acceptors (Lipinski definition) is 6. The van der Waals surface area contributed by atoms with Crippen molar-refractivity contribution in [3.8, 4) is 5.75 Å². The van der Waals surface area contributed by atoms with Crippen LogP contribution in [0.5, 0.6) is 5.75 Å². The molecule has 0 saturated carbocycles. The van der Waals surface area contributed by atoms with E-state index in [1.165, 1.54) is 12.8 Å². The number of benzene rings is 1. The molecular formula is C16H26ClN5O. The molecule has 1 heterocycles. The molecule has 0 atom stereocenters. The summed E-state index contributed by atoms with van der Waals surface area (Å²) in [6.07, 6.45) is 3.41. The number of nitrogens with two attached hydrogens (primary N) is 2. The fourth-order valence-electron chi connectivity index (χ4n) is 2.51. The first kappa shape index (κ1) is 19.1. The summed E-state index contributed by atoms with van der Waals surface area (Å²) in [5.74, 6) is 1.35. The third kappa shape index (κ3) is 4.76. The van der Waals surface area contributed by atoms with E-state index in [2.05, 4.69) is 16.9 Å². The zero-order chi connectivity index (χ0) is 16.2. The number of anilines is 1. The molecule has 0 aliphatic carbocycles. The monoisotopic (exact) mass is 339 g/mol. The summed E-state index contributed by atoms with van der Waals surface area (Å²) in [5.41, 5.74) is 12.0. The fourth-order valence-corrected chi connectivity index (χ4v) is 2.51. The van der Waals surface area contributed by atoms with Crippen LogP contribution in [0.4, 0.5) is 5.69 Å². The van der Waals surface area contributed by atoms with Crippen LogP contribution in [0, 0.1) is 0 Å². The Labute approximate surface area is 144 Å². The Morgan fingerprint density at radius 3 is 2.61 bits per heavy atom. The minimum Gasteiger partial charge on any atom is -0.494 e. The topological polar surface area (TPSA) is 89.2 Å². The maximum atomic E-state index is 6.04. The number of rotatable bonds is 6. The fraction of sp³-hybridized carbons (Fsp3) is 0.500. The molecule has 7 heteroatoms. The summed E-state index contributed by atoms with van der Waals surface area (Å²) in [7, 11) is 0. The SMILES string of the molecule is CCCCCOc1cccc(N2C(N)=NC(N)=NC2(C)C)c1.Cl. The van der Waals surface area contributed by atoms with E-state index >= 15 is 0 Å². The lowest BCUT2D eigenvalue weighted by molar-refractivity contribution is 0.306. The number of nitrogens with zero attached hydrogens (tertiary/aromatic N) is 3. The van der Waals surface area contributed by atoms with Gasteiger partial charge in [0.1, 0.15) is 11.4 Å². The van der Waals surface area contributed by atoms with Gasteiger partial charge in [0.25, 0.3) is 0 Å². The van der Waals surface area contributed by atoms with E-state index < -0.39 is 5.66 Å². The number of aliphatic imine (C=N–C) groups is 2. The average Bonchev–Trinajstić information content (AvgIpc) is 2.42. The molecule has 0 fully saturated rings. The van der Waals surface area contributed by atoms with Crippen LogP contribution >= 0.6 is 12.4 Å². The van der Waals surface area contributed by atoms with Crippen LogP contribution in [0.25, 0.3) is 0 Å². The number of guanidine groups is 2. The van der Waals surface area contributed by atoms with Crippen LogP contribution in [0.2, 0.25) is 0 Å². The third-order valence-electron chi connectivity index (χ3n) is 3.49. The number of unbranched alkanes of at least 4 members (excludes halogenated alkanes) is 2. The lowest BCUT2D eigenvalue weighted by atomic mass is 10.1. The maximum Gasteiger partial charge on any atom is 0.220 e. The zero-order valence-electron chi connectivity index (χ0n) is 14.0. The van der Waals surface area contributed by atoms with Crippen molar-refractivity contribution in [2.45, 2.75) is 45.7 Å². The molecule has 0 saturated heterocycles. The van der Waals surface area contributed by atoms with Crippen molar-refractivity contribution >= 4 is 30.0 Å². The molecule has 1 aromatic rings. The summed E-state index contributed by atoms with van der Waals surface area (Å²) >= 11 is 0. The van der Waals surface area contributed by atoms with Crippen molar-refractivity contribution in [1.29, 1.82) is 0 Å². The number of ether oxygens (including phenoxy) is 1. The molecule has 4 N–H and O–H groups in total. The standard InChI is InChI=1S/C16H25N5O.ClH/c1-4-5-6-10-22-13-9-7-8-12(11-13)21-15(18)19-14(17)20-16(21,2)3;/h7-9,11H,4-6,10H2,1-3H3,(H4,17,18,19,20);1H. The summed E-state index contributed by atoms with van der Waals surface area (Å²) in [6.45, 7) is 6.77. The van der Waals surface area contributed by atoms with E-state index in [4.69, 9.17) is 16.2 Å². The van der Waals surface area contributed by atoms with E-state index in [9.17, 15) is 0 Å². The highest BCUT2D eigenvalue weighted by molar-refractivity contribution is 6.05. The van der Waals surface area contributed by atoms with Crippen molar-refractivity contribution in [3.05, 3.63) is 24.3 Å². The van der Waals surface area contributed by atoms with Gasteiger partial charge in [-0.2, -0.15) is 4.99 Å². The van der Waals surface area contributed by atoms with Crippen molar-refractivity contribution in [1.82, 2.24) is 0 Å². The largest absolute Gasteiger partial charge is 0.494 e. The molecule has 23 heavy (non-hydrogen) atoms. The number of halogens is 1. The van der Waals surface area contributed by atoms with Gasteiger partial charge in [-0.1, -0.05) is 25.8 Å². The quantitative estimate of drug-likeness (QED) is 0.780. The summed E-state index contributed by atoms with van der Waals surface area (Å²) in [4.78, 5) is 10.3. The van der Waals surface area contributed by atoms with Crippen LogP contribution in [0.3, 0.4) is 0 Å². The zero-order valence-corrected chi connectivity index (χ0v) is 14.8.